The molecule has 0 atom stereocenters. The molecule has 0 aliphatic rings. The molecule has 3 nitrogen and oxygen atoms in total. The van der Waals surface area contributed by atoms with E-state index in [9.17, 15) is 8.78 Å². The largest absolute Gasteiger partial charge is 0.326 e. The molecule has 0 amide bonds. The zero-order valence-electron chi connectivity index (χ0n) is 10.3. The topological polar surface area (TPSA) is 43.8 Å². The van der Waals surface area contributed by atoms with Crippen molar-refractivity contribution in [2.24, 2.45) is 5.73 Å². The van der Waals surface area contributed by atoms with Crippen LogP contribution in [0, 0.1) is 11.8 Å². The first-order chi connectivity index (χ1) is 8.54. The van der Waals surface area contributed by atoms with Gasteiger partial charge in [0.2, 0.25) is 5.95 Å². The van der Waals surface area contributed by atoms with Crippen molar-refractivity contribution >= 4 is 0 Å². The predicted molar refractivity (Wildman–Crippen MR) is 65.9 cm³/mol. The molecule has 1 aromatic heterocycles. The second kappa shape index (κ2) is 4.86. The van der Waals surface area contributed by atoms with Crippen molar-refractivity contribution in [2.45, 2.75) is 26.4 Å². The summed E-state index contributed by atoms with van der Waals surface area (Å²) in [6.45, 7) is 3.91. The number of benzene rings is 1. The molecule has 2 aromatic rings. The minimum Gasteiger partial charge on any atom is -0.326 e. The summed E-state index contributed by atoms with van der Waals surface area (Å²) < 4.78 is 29.1. The van der Waals surface area contributed by atoms with Crippen LogP contribution in [0.25, 0.3) is 11.1 Å². The van der Waals surface area contributed by atoms with Gasteiger partial charge < -0.3 is 5.73 Å². The minimum absolute atomic E-state index is 0.112. The molecule has 0 saturated heterocycles. The van der Waals surface area contributed by atoms with Gasteiger partial charge in [-0.1, -0.05) is 6.07 Å². The van der Waals surface area contributed by atoms with Gasteiger partial charge in [-0.25, -0.2) is 9.07 Å². The van der Waals surface area contributed by atoms with Gasteiger partial charge >= 0.3 is 0 Å². The van der Waals surface area contributed by atoms with Crippen molar-refractivity contribution in [1.29, 1.82) is 0 Å². The average molecular weight is 251 g/mol. The summed E-state index contributed by atoms with van der Waals surface area (Å²) in [5.74, 6) is -1.01. The molecule has 0 bridgehead atoms. The van der Waals surface area contributed by atoms with Gasteiger partial charge in [0, 0.05) is 18.2 Å². The van der Waals surface area contributed by atoms with E-state index in [4.69, 9.17) is 5.73 Å². The fourth-order valence-corrected chi connectivity index (χ4v) is 1.79. The molecule has 0 spiro atoms. The summed E-state index contributed by atoms with van der Waals surface area (Å²) in [6, 6.07) is 4.33. The van der Waals surface area contributed by atoms with Crippen LogP contribution in [0.3, 0.4) is 0 Å². The van der Waals surface area contributed by atoms with Gasteiger partial charge in [0.1, 0.15) is 5.82 Å². The van der Waals surface area contributed by atoms with Gasteiger partial charge in [-0.05, 0) is 31.5 Å². The molecule has 0 aliphatic carbocycles. The van der Waals surface area contributed by atoms with E-state index in [1.807, 2.05) is 13.8 Å². The van der Waals surface area contributed by atoms with Crippen LogP contribution < -0.4 is 5.73 Å². The van der Waals surface area contributed by atoms with Gasteiger partial charge in [-0.2, -0.15) is 9.49 Å². The first-order valence-electron chi connectivity index (χ1n) is 5.76. The van der Waals surface area contributed by atoms with E-state index >= 15 is 0 Å². The molecular formula is C13H15F2N3. The summed E-state index contributed by atoms with van der Waals surface area (Å²) in [4.78, 5) is 0. The third-order valence-electron chi connectivity index (χ3n) is 2.78. The Kier molecular flexibility index (Phi) is 3.43. The van der Waals surface area contributed by atoms with Crippen LogP contribution in [0.5, 0.6) is 0 Å². The van der Waals surface area contributed by atoms with E-state index in [1.54, 1.807) is 12.1 Å². The first kappa shape index (κ1) is 12.7. The van der Waals surface area contributed by atoms with Gasteiger partial charge in [-0.3, -0.25) is 0 Å². The van der Waals surface area contributed by atoms with Crippen molar-refractivity contribution in [2.75, 3.05) is 0 Å². The Morgan fingerprint density at radius 3 is 2.56 bits per heavy atom. The van der Waals surface area contributed by atoms with E-state index in [0.717, 1.165) is 5.56 Å². The number of rotatable bonds is 3. The summed E-state index contributed by atoms with van der Waals surface area (Å²) >= 11 is 0. The molecule has 0 fully saturated rings. The van der Waals surface area contributed by atoms with Crippen molar-refractivity contribution in [3.63, 3.8) is 0 Å². The molecule has 0 unspecified atom stereocenters. The number of nitrogens with zero attached hydrogens (tertiary/aromatic N) is 2. The molecule has 5 heteroatoms. The van der Waals surface area contributed by atoms with E-state index in [1.165, 1.54) is 16.9 Å². The zero-order chi connectivity index (χ0) is 13.3. The van der Waals surface area contributed by atoms with Crippen LogP contribution in [-0.4, -0.2) is 9.78 Å². The molecule has 0 radical (unpaired) electrons. The predicted octanol–water partition coefficient (Wildman–Crippen LogP) is 2.87. The lowest BCUT2D eigenvalue weighted by Gasteiger charge is -2.07. The molecule has 1 heterocycles. The SMILES string of the molecule is CC(C)n1ncc(-c2cc(CN)ccc2F)c1F. The van der Waals surface area contributed by atoms with E-state index in [0.29, 0.717) is 0 Å². The minimum atomic E-state index is -0.530. The van der Waals surface area contributed by atoms with Crippen LogP contribution in [0.1, 0.15) is 25.5 Å². The Labute approximate surface area is 104 Å². The number of hydrogen-bond acceptors (Lipinski definition) is 2. The van der Waals surface area contributed by atoms with Crippen LogP contribution in [-0.2, 0) is 6.54 Å². The van der Waals surface area contributed by atoms with Crippen LogP contribution >= 0.6 is 0 Å². The quantitative estimate of drug-likeness (QED) is 0.911. The lowest BCUT2D eigenvalue weighted by molar-refractivity contribution is 0.417. The van der Waals surface area contributed by atoms with Crippen molar-refractivity contribution in [1.82, 2.24) is 9.78 Å². The second-order valence-corrected chi connectivity index (χ2v) is 4.41. The maximum Gasteiger partial charge on any atom is 0.219 e. The van der Waals surface area contributed by atoms with Crippen molar-refractivity contribution < 1.29 is 8.78 Å². The first-order valence-corrected chi connectivity index (χ1v) is 5.76. The van der Waals surface area contributed by atoms with E-state index in [2.05, 4.69) is 5.10 Å². The van der Waals surface area contributed by atoms with Gasteiger partial charge in [-0.15, -0.1) is 0 Å². The monoisotopic (exact) mass is 251 g/mol. The van der Waals surface area contributed by atoms with Crippen molar-refractivity contribution in [3.8, 4) is 11.1 Å². The molecule has 2 rings (SSSR count). The zero-order valence-corrected chi connectivity index (χ0v) is 10.3. The average Bonchev–Trinajstić information content (AvgIpc) is 2.72. The highest BCUT2D eigenvalue weighted by atomic mass is 19.1. The van der Waals surface area contributed by atoms with Crippen molar-refractivity contribution in [3.05, 3.63) is 41.7 Å². The number of aromatic nitrogens is 2. The molecule has 0 saturated carbocycles. The van der Waals surface area contributed by atoms with Crippen LogP contribution in [0.4, 0.5) is 8.78 Å². The fraction of sp³-hybridized carbons (Fsp3) is 0.308. The van der Waals surface area contributed by atoms with E-state index in [-0.39, 0.29) is 23.7 Å². The molecule has 0 aliphatic heterocycles. The van der Waals surface area contributed by atoms with Crippen LogP contribution in [0.15, 0.2) is 24.4 Å². The maximum absolute atomic E-state index is 14.1. The standard InChI is InChI=1S/C13H15F2N3/c1-8(2)18-13(15)11(7-17-18)10-5-9(6-16)3-4-12(10)14/h3-5,7-8H,6,16H2,1-2H3. The van der Waals surface area contributed by atoms with Gasteiger partial charge in [0.25, 0.3) is 0 Å². The second-order valence-electron chi connectivity index (χ2n) is 4.41. The van der Waals surface area contributed by atoms with Gasteiger partial charge in [0.05, 0.1) is 11.8 Å². The fourth-order valence-electron chi connectivity index (χ4n) is 1.79. The molecule has 1 aromatic carbocycles. The van der Waals surface area contributed by atoms with Crippen LogP contribution in [0.2, 0.25) is 0 Å². The summed E-state index contributed by atoms with van der Waals surface area (Å²) in [5, 5.41) is 3.93. The maximum atomic E-state index is 14.1. The third-order valence-corrected chi connectivity index (χ3v) is 2.78. The number of halogens is 2. The molecule has 2 N–H and O–H groups in total. The van der Waals surface area contributed by atoms with E-state index < -0.39 is 11.8 Å². The summed E-state index contributed by atoms with van der Waals surface area (Å²) in [6.07, 6.45) is 1.34. The third kappa shape index (κ3) is 2.13. The summed E-state index contributed by atoms with van der Waals surface area (Å²) in [7, 11) is 0. The summed E-state index contributed by atoms with van der Waals surface area (Å²) in [5.41, 5.74) is 6.61. The normalized spacial score (nSPS) is 11.2. The number of nitrogens with two attached hydrogens (primary N) is 1. The molecule has 18 heavy (non-hydrogen) atoms. The van der Waals surface area contributed by atoms with Gasteiger partial charge in [0.15, 0.2) is 0 Å². The highest BCUT2D eigenvalue weighted by Gasteiger charge is 2.17. The molecule has 96 valence electrons. The highest BCUT2D eigenvalue weighted by Crippen LogP contribution is 2.27. The Morgan fingerprint density at radius 2 is 2.00 bits per heavy atom. The Morgan fingerprint density at radius 1 is 1.28 bits per heavy atom. The Hall–Kier alpha value is -1.75. The molecular weight excluding hydrogens is 236 g/mol. The highest BCUT2D eigenvalue weighted by molar-refractivity contribution is 5.64. The smallest absolute Gasteiger partial charge is 0.219 e. The Bertz CT molecular complexity index is 561. The number of hydrogen-bond donors (Lipinski definition) is 1. The lowest BCUT2D eigenvalue weighted by Crippen LogP contribution is -2.05. The Balaban J connectivity index is 2.55. The lowest BCUT2D eigenvalue weighted by atomic mass is 10.1.